The van der Waals surface area contributed by atoms with E-state index in [1.165, 1.54) is 64.3 Å². The van der Waals surface area contributed by atoms with Crippen LogP contribution in [0.15, 0.2) is 0 Å². The number of thioether (sulfide) groups is 1. The fraction of sp³-hybridized carbons (Fsp3) is 1.00. The van der Waals surface area contributed by atoms with E-state index < -0.39 is 0 Å². The zero-order chi connectivity index (χ0) is 12.4. The summed E-state index contributed by atoms with van der Waals surface area (Å²) in [5.41, 5.74) is 5.75. The standard InChI is InChI=1S/C15H28N2S/c16-10-5-11-17-12-6-1-3-8-14(12)18-15-9-4-2-7-13(15)17/h12-15H,1-11,16H2. The SMILES string of the molecule is NCCCN1C2CCCCC2SC2CCCCC21. The molecule has 0 radical (unpaired) electrons. The van der Waals surface area contributed by atoms with Gasteiger partial charge in [0.15, 0.2) is 0 Å². The maximum absolute atomic E-state index is 5.75. The topological polar surface area (TPSA) is 29.3 Å². The summed E-state index contributed by atoms with van der Waals surface area (Å²) in [6.45, 7) is 2.12. The number of hydrogen-bond acceptors (Lipinski definition) is 3. The highest BCUT2D eigenvalue weighted by atomic mass is 32.2. The number of hydrogen-bond donors (Lipinski definition) is 1. The van der Waals surface area contributed by atoms with Gasteiger partial charge >= 0.3 is 0 Å². The van der Waals surface area contributed by atoms with Crippen LogP contribution < -0.4 is 5.73 Å². The van der Waals surface area contributed by atoms with Crippen molar-refractivity contribution in [1.29, 1.82) is 0 Å². The van der Waals surface area contributed by atoms with E-state index in [4.69, 9.17) is 5.73 Å². The normalized spacial score (nSPS) is 41.2. The van der Waals surface area contributed by atoms with Crippen molar-refractivity contribution < 1.29 is 0 Å². The Bertz CT molecular complexity index is 249. The van der Waals surface area contributed by atoms with Crippen LogP contribution in [-0.4, -0.2) is 40.6 Å². The van der Waals surface area contributed by atoms with Crippen LogP contribution in [0, 0.1) is 0 Å². The Hall–Kier alpha value is 0.270. The van der Waals surface area contributed by atoms with Gasteiger partial charge in [-0.1, -0.05) is 25.7 Å². The molecule has 4 unspecified atom stereocenters. The monoisotopic (exact) mass is 268 g/mol. The zero-order valence-corrected chi connectivity index (χ0v) is 12.3. The average molecular weight is 268 g/mol. The van der Waals surface area contributed by atoms with Crippen LogP contribution in [0.25, 0.3) is 0 Å². The number of nitrogens with zero attached hydrogens (tertiary/aromatic N) is 1. The molecule has 3 fully saturated rings. The highest BCUT2D eigenvalue weighted by Crippen LogP contribution is 2.46. The summed E-state index contributed by atoms with van der Waals surface area (Å²) in [5.74, 6) is 0. The largest absolute Gasteiger partial charge is 0.330 e. The average Bonchev–Trinajstić information content (AvgIpc) is 2.43. The van der Waals surface area contributed by atoms with Gasteiger partial charge in [0.1, 0.15) is 0 Å². The molecule has 0 spiro atoms. The molecule has 0 aromatic carbocycles. The van der Waals surface area contributed by atoms with E-state index in [1.807, 2.05) is 0 Å². The smallest absolute Gasteiger partial charge is 0.0218 e. The number of nitrogens with two attached hydrogens (primary N) is 1. The van der Waals surface area contributed by atoms with E-state index in [2.05, 4.69) is 16.7 Å². The van der Waals surface area contributed by atoms with Gasteiger partial charge in [-0.25, -0.2) is 0 Å². The van der Waals surface area contributed by atoms with Crippen LogP contribution in [0.3, 0.4) is 0 Å². The fourth-order valence-electron chi connectivity index (χ4n) is 4.31. The van der Waals surface area contributed by atoms with Crippen molar-refractivity contribution in [3.63, 3.8) is 0 Å². The predicted molar refractivity (Wildman–Crippen MR) is 80.1 cm³/mol. The zero-order valence-electron chi connectivity index (χ0n) is 11.5. The van der Waals surface area contributed by atoms with Crippen LogP contribution >= 0.6 is 11.8 Å². The van der Waals surface area contributed by atoms with Crippen molar-refractivity contribution in [2.45, 2.75) is 80.4 Å². The van der Waals surface area contributed by atoms with E-state index in [9.17, 15) is 0 Å². The summed E-state index contributed by atoms with van der Waals surface area (Å²) in [7, 11) is 0. The molecule has 0 aromatic heterocycles. The van der Waals surface area contributed by atoms with Gasteiger partial charge in [0.25, 0.3) is 0 Å². The van der Waals surface area contributed by atoms with Crippen molar-refractivity contribution in [2.75, 3.05) is 13.1 Å². The molecule has 1 aliphatic heterocycles. The van der Waals surface area contributed by atoms with Crippen molar-refractivity contribution in [1.82, 2.24) is 4.90 Å². The minimum Gasteiger partial charge on any atom is -0.330 e. The first-order valence-electron chi connectivity index (χ1n) is 8.01. The second-order valence-electron chi connectivity index (χ2n) is 6.30. The Morgan fingerprint density at radius 3 is 2.00 bits per heavy atom. The molecule has 18 heavy (non-hydrogen) atoms. The van der Waals surface area contributed by atoms with E-state index in [-0.39, 0.29) is 0 Å². The minimum absolute atomic E-state index is 0.860. The lowest BCUT2D eigenvalue weighted by atomic mass is 9.87. The maximum Gasteiger partial charge on any atom is 0.0218 e. The molecular weight excluding hydrogens is 240 g/mol. The third-order valence-electron chi connectivity index (χ3n) is 5.16. The third-order valence-corrected chi connectivity index (χ3v) is 6.96. The van der Waals surface area contributed by atoms with Crippen LogP contribution in [0.4, 0.5) is 0 Å². The highest BCUT2D eigenvalue weighted by molar-refractivity contribution is 8.00. The maximum atomic E-state index is 5.75. The van der Waals surface area contributed by atoms with Crippen LogP contribution in [0.2, 0.25) is 0 Å². The Kier molecular flexibility index (Phi) is 4.53. The Morgan fingerprint density at radius 1 is 0.889 bits per heavy atom. The molecule has 4 atom stereocenters. The molecule has 2 aliphatic carbocycles. The summed E-state index contributed by atoms with van der Waals surface area (Å²) in [6, 6.07) is 1.77. The third kappa shape index (κ3) is 2.59. The Balaban J connectivity index is 1.74. The molecule has 2 nitrogen and oxygen atoms in total. The van der Waals surface area contributed by atoms with Crippen LogP contribution in [0.5, 0.6) is 0 Å². The molecule has 3 aliphatic rings. The van der Waals surface area contributed by atoms with Gasteiger partial charge in [0.2, 0.25) is 0 Å². The van der Waals surface area contributed by atoms with Crippen LogP contribution in [-0.2, 0) is 0 Å². The summed E-state index contributed by atoms with van der Waals surface area (Å²) in [5, 5.41) is 1.88. The van der Waals surface area contributed by atoms with Gasteiger partial charge in [-0.2, -0.15) is 11.8 Å². The van der Waals surface area contributed by atoms with Gasteiger partial charge in [0, 0.05) is 29.1 Å². The lowest BCUT2D eigenvalue weighted by molar-refractivity contribution is 0.0768. The first-order chi connectivity index (χ1) is 8.90. The fourth-order valence-corrected chi connectivity index (χ4v) is 6.31. The molecule has 0 aromatic rings. The van der Waals surface area contributed by atoms with Gasteiger partial charge in [-0.05, 0) is 38.6 Å². The molecule has 3 rings (SSSR count). The second kappa shape index (κ2) is 6.15. The first-order valence-corrected chi connectivity index (χ1v) is 8.95. The molecule has 0 amide bonds. The molecule has 2 saturated carbocycles. The molecule has 1 saturated heterocycles. The second-order valence-corrected chi connectivity index (χ2v) is 7.78. The number of rotatable bonds is 3. The minimum atomic E-state index is 0.860. The summed E-state index contributed by atoms with van der Waals surface area (Å²) in [4.78, 5) is 2.90. The molecule has 0 bridgehead atoms. The summed E-state index contributed by atoms with van der Waals surface area (Å²) in [6.07, 6.45) is 12.9. The highest BCUT2D eigenvalue weighted by Gasteiger charge is 2.44. The molecule has 1 heterocycles. The quantitative estimate of drug-likeness (QED) is 0.853. The molecule has 2 N–H and O–H groups in total. The Morgan fingerprint density at radius 2 is 1.44 bits per heavy atom. The van der Waals surface area contributed by atoms with Gasteiger partial charge < -0.3 is 5.73 Å². The van der Waals surface area contributed by atoms with E-state index in [0.29, 0.717) is 0 Å². The van der Waals surface area contributed by atoms with E-state index >= 15 is 0 Å². The van der Waals surface area contributed by atoms with Gasteiger partial charge in [-0.3, -0.25) is 4.90 Å². The lowest BCUT2D eigenvalue weighted by Gasteiger charge is -2.53. The van der Waals surface area contributed by atoms with Crippen molar-refractivity contribution in [3.8, 4) is 0 Å². The van der Waals surface area contributed by atoms with E-state index in [0.717, 1.165) is 29.1 Å². The molecule has 104 valence electrons. The van der Waals surface area contributed by atoms with Crippen molar-refractivity contribution in [3.05, 3.63) is 0 Å². The van der Waals surface area contributed by atoms with Crippen molar-refractivity contribution in [2.24, 2.45) is 5.73 Å². The van der Waals surface area contributed by atoms with Gasteiger partial charge in [-0.15, -0.1) is 0 Å². The number of fused-ring (bicyclic) bond motifs is 2. The Labute approximate surface area is 116 Å². The predicted octanol–water partition coefficient (Wildman–Crippen LogP) is 3.01. The summed E-state index contributed by atoms with van der Waals surface area (Å²) >= 11 is 2.36. The van der Waals surface area contributed by atoms with Gasteiger partial charge in [0.05, 0.1) is 0 Å². The molecule has 3 heteroatoms. The summed E-state index contributed by atoms with van der Waals surface area (Å²) < 4.78 is 0. The molecular formula is C15H28N2S. The lowest BCUT2D eigenvalue weighted by Crippen LogP contribution is -2.58. The van der Waals surface area contributed by atoms with Crippen molar-refractivity contribution >= 4 is 11.8 Å². The van der Waals surface area contributed by atoms with E-state index in [1.54, 1.807) is 0 Å². The van der Waals surface area contributed by atoms with Crippen LogP contribution in [0.1, 0.15) is 57.8 Å². The first kappa shape index (κ1) is 13.3.